The van der Waals surface area contributed by atoms with E-state index in [0.717, 1.165) is 11.1 Å². The van der Waals surface area contributed by atoms with Gasteiger partial charge in [0.05, 0.1) is 0 Å². The SMILES string of the molecule is O=C(Cl)Oc1ccc(-c2cccnc2)cc1. The molecule has 3 nitrogen and oxygen atoms in total. The molecule has 0 fully saturated rings. The van der Waals surface area contributed by atoms with Gasteiger partial charge in [-0.2, -0.15) is 0 Å². The molecule has 0 atom stereocenters. The van der Waals surface area contributed by atoms with Crippen molar-refractivity contribution in [2.45, 2.75) is 0 Å². The topological polar surface area (TPSA) is 39.2 Å². The van der Waals surface area contributed by atoms with Gasteiger partial charge in [-0.25, -0.2) is 4.79 Å². The van der Waals surface area contributed by atoms with E-state index in [4.69, 9.17) is 16.3 Å². The summed E-state index contributed by atoms with van der Waals surface area (Å²) < 4.78 is 4.72. The van der Waals surface area contributed by atoms with Crippen LogP contribution in [0.4, 0.5) is 4.79 Å². The minimum absolute atomic E-state index is 0.424. The average molecular weight is 234 g/mol. The van der Waals surface area contributed by atoms with E-state index in [1.807, 2.05) is 24.3 Å². The van der Waals surface area contributed by atoms with Gasteiger partial charge < -0.3 is 4.74 Å². The molecule has 0 radical (unpaired) electrons. The van der Waals surface area contributed by atoms with Gasteiger partial charge in [-0.05, 0) is 29.3 Å². The third-order valence-corrected chi connectivity index (χ3v) is 2.12. The Morgan fingerprint density at radius 1 is 1.12 bits per heavy atom. The van der Waals surface area contributed by atoms with Crippen molar-refractivity contribution < 1.29 is 9.53 Å². The number of pyridine rings is 1. The van der Waals surface area contributed by atoms with Gasteiger partial charge in [-0.3, -0.25) is 4.98 Å². The Morgan fingerprint density at radius 2 is 1.88 bits per heavy atom. The molecule has 0 aliphatic carbocycles. The van der Waals surface area contributed by atoms with E-state index in [1.54, 1.807) is 24.5 Å². The predicted octanol–water partition coefficient (Wildman–Crippen LogP) is 3.49. The maximum Gasteiger partial charge on any atom is 0.409 e. The molecule has 4 heteroatoms. The third-order valence-electron chi connectivity index (χ3n) is 2.05. The van der Waals surface area contributed by atoms with E-state index in [1.165, 1.54) is 0 Å². The first-order chi connectivity index (χ1) is 7.75. The number of aromatic nitrogens is 1. The van der Waals surface area contributed by atoms with Crippen LogP contribution in [-0.4, -0.2) is 10.4 Å². The summed E-state index contributed by atoms with van der Waals surface area (Å²) in [5, 5.41) is 0. The Bertz CT molecular complexity index is 482. The molecule has 0 amide bonds. The Kier molecular flexibility index (Phi) is 3.17. The van der Waals surface area contributed by atoms with Crippen molar-refractivity contribution in [3.63, 3.8) is 0 Å². The number of halogens is 1. The lowest BCUT2D eigenvalue weighted by Gasteiger charge is -2.02. The average Bonchev–Trinajstić information content (AvgIpc) is 2.30. The Labute approximate surface area is 97.7 Å². The van der Waals surface area contributed by atoms with Crippen LogP contribution in [0, 0.1) is 0 Å². The first-order valence-corrected chi connectivity index (χ1v) is 5.01. The van der Waals surface area contributed by atoms with E-state index in [0.29, 0.717) is 5.75 Å². The second-order valence-electron chi connectivity index (χ2n) is 3.11. The molecule has 80 valence electrons. The van der Waals surface area contributed by atoms with Gasteiger partial charge in [-0.15, -0.1) is 0 Å². The first-order valence-electron chi connectivity index (χ1n) is 4.63. The lowest BCUT2D eigenvalue weighted by molar-refractivity contribution is 0.225. The maximum atomic E-state index is 10.5. The van der Waals surface area contributed by atoms with Crippen molar-refractivity contribution >= 4 is 17.0 Å². The summed E-state index contributed by atoms with van der Waals surface area (Å²) in [6.07, 6.45) is 3.48. The van der Waals surface area contributed by atoms with Crippen LogP contribution < -0.4 is 4.74 Å². The Hall–Kier alpha value is -1.87. The lowest BCUT2D eigenvalue weighted by atomic mass is 10.1. The number of carbonyl (C=O) groups is 1. The van der Waals surface area contributed by atoms with E-state index >= 15 is 0 Å². The molecule has 0 N–H and O–H groups in total. The summed E-state index contributed by atoms with van der Waals surface area (Å²) in [5.41, 5.74) is 1.17. The zero-order valence-corrected chi connectivity index (χ0v) is 9.02. The van der Waals surface area contributed by atoms with Crippen molar-refractivity contribution in [3.05, 3.63) is 48.8 Å². The molecule has 2 aromatic rings. The van der Waals surface area contributed by atoms with Gasteiger partial charge in [0.15, 0.2) is 0 Å². The molecule has 0 saturated carbocycles. The Balaban J connectivity index is 2.23. The smallest absolute Gasteiger partial charge is 0.409 e. The number of carbonyl (C=O) groups excluding carboxylic acids is 1. The highest BCUT2D eigenvalue weighted by molar-refractivity contribution is 6.61. The standard InChI is InChI=1S/C12H8ClNO2/c13-12(15)16-11-5-3-9(4-6-11)10-2-1-7-14-8-10/h1-8H. The molecule has 1 heterocycles. The van der Waals surface area contributed by atoms with Crippen LogP contribution in [0.3, 0.4) is 0 Å². The molecule has 0 aliphatic rings. The fourth-order valence-electron chi connectivity index (χ4n) is 1.34. The summed E-state index contributed by atoms with van der Waals surface area (Å²) >= 11 is 5.10. The first kappa shape index (κ1) is 10.6. The fourth-order valence-corrected chi connectivity index (χ4v) is 1.43. The largest absolute Gasteiger partial charge is 0.415 e. The fraction of sp³-hybridized carbons (Fsp3) is 0. The normalized spacial score (nSPS) is 9.81. The molecule has 1 aromatic carbocycles. The summed E-state index contributed by atoms with van der Waals surface area (Å²) in [4.78, 5) is 14.5. The zero-order valence-electron chi connectivity index (χ0n) is 8.26. The summed E-state index contributed by atoms with van der Waals surface area (Å²) in [6, 6.07) is 10.9. The van der Waals surface area contributed by atoms with E-state index in [2.05, 4.69) is 4.98 Å². The minimum Gasteiger partial charge on any atom is -0.415 e. The van der Waals surface area contributed by atoms with Gasteiger partial charge in [0.25, 0.3) is 0 Å². The van der Waals surface area contributed by atoms with Gasteiger partial charge >= 0.3 is 5.43 Å². The quantitative estimate of drug-likeness (QED) is 0.746. The molecule has 0 aliphatic heterocycles. The van der Waals surface area contributed by atoms with Gasteiger partial charge in [0.1, 0.15) is 5.75 Å². The van der Waals surface area contributed by atoms with Crippen LogP contribution in [0.15, 0.2) is 48.8 Å². The lowest BCUT2D eigenvalue weighted by Crippen LogP contribution is -1.95. The predicted molar refractivity (Wildman–Crippen MR) is 61.6 cm³/mol. The number of nitrogens with zero attached hydrogens (tertiary/aromatic N) is 1. The van der Waals surface area contributed by atoms with E-state index < -0.39 is 5.43 Å². The van der Waals surface area contributed by atoms with Crippen LogP contribution in [0.5, 0.6) is 5.75 Å². The second kappa shape index (κ2) is 4.77. The van der Waals surface area contributed by atoms with Crippen molar-refractivity contribution in [2.24, 2.45) is 0 Å². The van der Waals surface area contributed by atoms with Gasteiger partial charge in [-0.1, -0.05) is 18.2 Å². The molecular formula is C12H8ClNO2. The number of ether oxygens (including phenoxy) is 1. The van der Waals surface area contributed by atoms with E-state index in [-0.39, 0.29) is 0 Å². The Morgan fingerprint density at radius 3 is 2.44 bits per heavy atom. The monoisotopic (exact) mass is 233 g/mol. The molecule has 2 rings (SSSR count). The number of hydrogen-bond acceptors (Lipinski definition) is 3. The third kappa shape index (κ3) is 2.58. The van der Waals surface area contributed by atoms with Gasteiger partial charge in [0, 0.05) is 24.0 Å². The van der Waals surface area contributed by atoms with E-state index in [9.17, 15) is 4.79 Å². The van der Waals surface area contributed by atoms with Crippen LogP contribution >= 0.6 is 11.6 Å². The highest BCUT2D eigenvalue weighted by Gasteiger charge is 2.01. The molecule has 0 saturated heterocycles. The van der Waals surface area contributed by atoms with Crippen molar-refractivity contribution in [3.8, 4) is 16.9 Å². The second-order valence-corrected chi connectivity index (χ2v) is 3.41. The maximum absolute atomic E-state index is 10.5. The number of benzene rings is 1. The molecular weight excluding hydrogens is 226 g/mol. The minimum atomic E-state index is -0.839. The summed E-state index contributed by atoms with van der Waals surface area (Å²) in [5.74, 6) is 0.424. The molecule has 1 aromatic heterocycles. The van der Waals surface area contributed by atoms with Crippen LogP contribution in [0.2, 0.25) is 0 Å². The zero-order chi connectivity index (χ0) is 11.4. The van der Waals surface area contributed by atoms with Crippen LogP contribution in [0.25, 0.3) is 11.1 Å². The van der Waals surface area contributed by atoms with Crippen molar-refractivity contribution in [2.75, 3.05) is 0 Å². The molecule has 0 spiro atoms. The number of hydrogen-bond donors (Lipinski definition) is 0. The molecule has 0 bridgehead atoms. The molecule has 16 heavy (non-hydrogen) atoms. The van der Waals surface area contributed by atoms with Crippen molar-refractivity contribution in [1.29, 1.82) is 0 Å². The van der Waals surface area contributed by atoms with Crippen LogP contribution in [0.1, 0.15) is 0 Å². The van der Waals surface area contributed by atoms with Crippen molar-refractivity contribution in [1.82, 2.24) is 4.98 Å². The number of rotatable bonds is 2. The van der Waals surface area contributed by atoms with Crippen LogP contribution in [-0.2, 0) is 0 Å². The summed E-state index contributed by atoms with van der Waals surface area (Å²) in [7, 11) is 0. The van der Waals surface area contributed by atoms with Gasteiger partial charge in [0.2, 0.25) is 0 Å². The highest BCUT2D eigenvalue weighted by atomic mass is 35.5. The summed E-state index contributed by atoms with van der Waals surface area (Å²) in [6.45, 7) is 0. The highest BCUT2D eigenvalue weighted by Crippen LogP contribution is 2.21. The molecule has 0 unspecified atom stereocenters.